The van der Waals surface area contributed by atoms with Gasteiger partial charge in [0.1, 0.15) is 6.26 Å². The summed E-state index contributed by atoms with van der Waals surface area (Å²) in [6.07, 6.45) is 1.07. The first-order valence-electron chi connectivity index (χ1n) is 7.47. The number of benzene rings is 2. The molecule has 0 aliphatic carbocycles. The van der Waals surface area contributed by atoms with E-state index in [-0.39, 0.29) is 22.7 Å². The van der Waals surface area contributed by atoms with Gasteiger partial charge in [-0.25, -0.2) is 9.78 Å². The second kappa shape index (κ2) is 6.12. The van der Waals surface area contributed by atoms with Crippen LogP contribution >= 0.6 is 11.6 Å². The molecule has 2 aromatic carbocycles. The molecule has 1 aliphatic rings. The zero-order valence-electron chi connectivity index (χ0n) is 13.0. The Morgan fingerprint density at radius 2 is 1.54 bits per heavy atom. The van der Waals surface area contributed by atoms with Crippen molar-refractivity contribution in [2.24, 2.45) is 0 Å². The number of fused-ring (bicyclic) bond motifs is 1. The largest absolute Gasteiger partial charge is 0.444 e. The fraction of sp³-hybridized carbons (Fsp3) is 0. The van der Waals surface area contributed by atoms with Crippen molar-refractivity contribution in [1.82, 2.24) is 10.0 Å². The predicted molar refractivity (Wildman–Crippen MR) is 89.3 cm³/mol. The first-order chi connectivity index (χ1) is 12.6. The minimum Gasteiger partial charge on any atom is -0.444 e. The summed E-state index contributed by atoms with van der Waals surface area (Å²) in [6, 6.07) is 13.0. The second-order valence-electron chi connectivity index (χ2n) is 5.35. The first kappa shape index (κ1) is 16.0. The molecule has 3 aromatic rings. The number of amides is 2. The van der Waals surface area contributed by atoms with Gasteiger partial charge < -0.3 is 9.25 Å². The molecule has 0 radical (unpaired) electrons. The number of hydroxylamine groups is 2. The summed E-state index contributed by atoms with van der Waals surface area (Å²) in [7, 11) is 0. The van der Waals surface area contributed by atoms with Crippen molar-refractivity contribution in [2.45, 2.75) is 0 Å². The van der Waals surface area contributed by atoms with E-state index in [0.29, 0.717) is 15.6 Å². The molecule has 0 unspecified atom stereocenters. The van der Waals surface area contributed by atoms with Crippen molar-refractivity contribution < 1.29 is 23.6 Å². The molecule has 0 saturated carbocycles. The maximum absolute atomic E-state index is 12.2. The molecule has 2 heterocycles. The molecular formula is C18H9ClN2O5. The molecular weight excluding hydrogens is 360 g/mol. The van der Waals surface area contributed by atoms with E-state index in [1.807, 2.05) is 0 Å². The summed E-state index contributed by atoms with van der Waals surface area (Å²) < 4.78 is 5.25. The van der Waals surface area contributed by atoms with Crippen LogP contribution in [0.3, 0.4) is 0 Å². The fourth-order valence-electron chi connectivity index (χ4n) is 2.51. The molecule has 4 rings (SSSR count). The Morgan fingerprint density at radius 3 is 2.15 bits per heavy atom. The second-order valence-corrected chi connectivity index (χ2v) is 5.75. The van der Waals surface area contributed by atoms with Crippen LogP contribution < -0.4 is 0 Å². The predicted octanol–water partition coefficient (Wildman–Crippen LogP) is 3.36. The number of hydrogen-bond donors (Lipinski definition) is 0. The number of rotatable bonds is 3. The van der Waals surface area contributed by atoms with Gasteiger partial charge in [0.25, 0.3) is 11.8 Å². The van der Waals surface area contributed by atoms with E-state index in [1.165, 1.54) is 12.1 Å². The van der Waals surface area contributed by atoms with Crippen molar-refractivity contribution in [3.8, 4) is 11.5 Å². The van der Waals surface area contributed by atoms with Crippen LogP contribution in [0.1, 0.15) is 31.2 Å². The molecule has 0 bridgehead atoms. The van der Waals surface area contributed by atoms with Crippen LogP contribution in [0, 0.1) is 0 Å². The number of carbonyl (C=O) groups excluding carboxylic acids is 3. The van der Waals surface area contributed by atoms with Crippen LogP contribution in [0.2, 0.25) is 5.02 Å². The smallest absolute Gasteiger partial charge is 0.385 e. The monoisotopic (exact) mass is 368 g/mol. The summed E-state index contributed by atoms with van der Waals surface area (Å²) in [4.78, 5) is 45.6. The van der Waals surface area contributed by atoms with Gasteiger partial charge in [-0.15, -0.1) is 0 Å². The van der Waals surface area contributed by atoms with Gasteiger partial charge in [0.2, 0.25) is 5.89 Å². The number of halogens is 1. The minimum absolute atomic E-state index is 0.116. The van der Waals surface area contributed by atoms with E-state index >= 15 is 0 Å². The van der Waals surface area contributed by atoms with E-state index < -0.39 is 17.8 Å². The highest BCUT2D eigenvalue weighted by molar-refractivity contribution is 6.33. The molecule has 0 spiro atoms. The highest BCUT2D eigenvalue weighted by Crippen LogP contribution is 2.27. The average molecular weight is 369 g/mol. The number of imide groups is 1. The molecule has 128 valence electrons. The molecule has 26 heavy (non-hydrogen) atoms. The maximum Gasteiger partial charge on any atom is 0.385 e. The number of oxazole rings is 1. The quantitative estimate of drug-likeness (QED) is 0.658. The van der Waals surface area contributed by atoms with Crippen molar-refractivity contribution in [3.63, 3.8) is 0 Å². The van der Waals surface area contributed by atoms with Crippen LogP contribution in [0.5, 0.6) is 0 Å². The van der Waals surface area contributed by atoms with Gasteiger partial charge in [-0.3, -0.25) is 9.59 Å². The van der Waals surface area contributed by atoms with Crippen molar-refractivity contribution in [3.05, 3.63) is 76.6 Å². The Labute approximate surface area is 151 Å². The number of carbonyl (C=O) groups is 3. The zero-order valence-corrected chi connectivity index (χ0v) is 13.8. The average Bonchev–Trinajstić information content (AvgIpc) is 3.23. The first-order valence-corrected chi connectivity index (χ1v) is 7.84. The molecule has 0 saturated heterocycles. The third-order valence-corrected chi connectivity index (χ3v) is 4.08. The van der Waals surface area contributed by atoms with Gasteiger partial charge in [-0.2, -0.15) is 0 Å². The number of nitrogens with zero attached hydrogens (tertiary/aromatic N) is 2. The van der Waals surface area contributed by atoms with Crippen molar-refractivity contribution in [2.75, 3.05) is 0 Å². The van der Waals surface area contributed by atoms with Gasteiger partial charge in [-0.05, 0) is 24.3 Å². The normalized spacial score (nSPS) is 13.0. The summed E-state index contributed by atoms with van der Waals surface area (Å²) in [6.45, 7) is 0. The topological polar surface area (TPSA) is 89.7 Å². The molecule has 0 atom stereocenters. The molecule has 8 heteroatoms. The van der Waals surface area contributed by atoms with E-state index in [4.69, 9.17) is 20.9 Å². The molecule has 1 aromatic heterocycles. The lowest BCUT2D eigenvalue weighted by Crippen LogP contribution is -2.32. The Hall–Kier alpha value is -3.45. The molecule has 0 N–H and O–H groups in total. The number of aromatic nitrogens is 1. The van der Waals surface area contributed by atoms with E-state index in [1.54, 1.807) is 36.4 Å². The zero-order chi connectivity index (χ0) is 18.3. The summed E-state index contributed by atoms with van der Waals surface area (Å²) in [5.41, 5.74) is 0.634. The third-order valence-electron chi connectivity index (χ3n) is 3.75. The van der Waals surface area contributed by atoms with Gasteiger partial charge in [0, 0.05) is 0 Å². The summed E-state index contributed by atoms with van der Waals surface area (Å²) >= 11 is 6.06. The van der Waals surface area contributed by atoms with Gasteiger partial charge >= 0.3 is 5.97 Å². The number of hydrogen-bond acceptors (Lipinski definition) is 6. The highest BCUT2D eigenvalue weighted by atomic mass is 35.5. The van der Waals surface area contributed by atoms with Crippen LogP contribution in [-0.2, 0) is 4.84 Å². The van der Waals surface area contributed by atoms with Gasteiger partial charge in [0.15, 0.2) is 5.69 Å². The van der Waals surface area contributed by atoms with Crippen LogP contribution in [0.25, 0.3) is 11.5 Å². The van der Waals surface area contributed by atoms with Crippen LogP contribution in [0.4, 0.5) is 0 Å². The van der Waals surface area contributed by atoms with E-state index in [9.17, 15) is 14.4 Å². The fourth-order valence-corrected chi connectivity index (χ4v) is 2.72. The SMILES string of the molecule is O=C(ON1C(=O)c2ccccc2C1=O)c1coc(-c2ccccc2Cl)n1. The Bertz CT molecular complexity index is 1020. The van der Waals surface area contributed by atoms with Crippen LogP contribution in [0.15, 0.2) is 59.2 Å². The molecule has 0 fully saturated rings. The van der Waals surface area contributed by atoms with E-state index in [2.05, 4.69) is 4.98 Å². The van der Waals surface area contributed by atoms with Crippen molar-refractivity contribution in [1.29, 1.82) is 0 Å². The lowest BCUT2D eigenvalue weighted by molar-refractivity contribution is -0.0588. The summed E-state index contributed by atoms with van der Waals surface area (Å²) in [5, 5.41) is 0.811. The maximum atomic E-state index is 12.2. The van der Waals surface area contributed by atoms with E-state index in [0.717, 1.165) is 6.26 Å². The Morgan fingerprint density at radius 1 is 0.962 bits per heavy atom. The lowest BCUT2D eigenvalue weighted by atomic mass is 10.1. The Kier molecular flexibility index (Phi) is 3.78. The van der Waals surface area contributed by atoms with Crippen LogP contribution in [-0.4, -0.2) is 27.8 Å². The summed E-state index contributed by atoms with van der Waals surface area (Å²) in [5.74, 6) is -2.31. The van der Waals surface area contributed by atoms with Crippen molar-refractivity contribution >= 4 is 29.4 Å². The molecule has 2 amide bonds. The minimum atomic E-state index is -0.999. The van der Waals surface area contributed by atoms with Gasteiger partial charge in [-0.1, -0.05) is 40.9 Å². The highest BCUT2D eigenvalue weighted by Gasteiger charge is 2.39. The lowest BCUT2D eigenvalue weighted by Gasteiger charge is -2.11. The molecule has 1 aliphatic heterocycles. The standard InChI is InChI=1S/C18H9ClN2O5/c19-13-8-4-3-7-12(13)15-20-14(9-25-15)18(24)26-21-16(22)10-5-1-2-6-11(10)17(21)23/h1-9H. The van der Waals surface area contributed by atoms with Gasteiger partial charge in [0.05, 0.1) is 21.7 Å². The molecule has 7 nitrogen and oxygen atoms in total. The third kappa shape index (κ3) is 2.55. The Balaban J connectivity index is 1.56.